The van der Waals surface area contributed by atoms with Crippen LogP contribution in [0.4, 0.5) is 5.69 Å². The molecule has 0 amide bonds. The van der Waals surface area contributed by atoms with Crippen molar-refractivity contribution < 1.29 is 9.53 Å². The molecule has 1 aliphatic heterocycles. The molecule has 0 spiro atoms. The number of piperidine rings is 1. The van der Waals surface area contributed by atoms with Crippen LogP contribution < -0.4 is 5.32 Å². The van der Waals surface area contributed by atoms with Crippen molar-refractivity contribution in [1.82, 2.24) is 4.90 Å². The Hall–Kier alpha value is -1.39. The van der Waals surface area contributed by atoms with E-state index in [9.17, 15) is 0 Å². The highest BCUT2D eigenvalue weighted by molar-refractivity contribution is 5.46. The third kappa shape index (κ3) is 6.58. The Bertz CT molecular complexity index is 415. The molecule has 0 aromatic heterocycles. The van der Waals surface area contributed by atoms with E-state index in [4.69, 9.17) is 9.53 Å². The minimum absolute atomic E-state index is 0.729. The standard InChI is InChI=1S/C16H26N2O.C2H4O/c1-17-16-6-3-5-15(13-16)14-7-10-18(11-8-14)9-4-12-19-2;1-2-3/h3,5-6,13-14,17H,4,7-12H2,1-2H3;2H,1H3. The Morgan fingerprint density at radius 3 is 2.64 bits per heavy atom. The van der Waals surface area contributed by atoms with Gasteiger partial charge in [0, 0.05) is 33.0 Å². The first-order valence-electron chi connectivity index (χ1n) is 8.14. The number of nitrogens with one attached hydrogen (secondary N) is 1. The molecule has 4 heteroatoms. The third-order valence-electron chi connectivity index (χ3n) is 4.06. The van der Waals surface area contributed by atoms with Crippen LogP contribution in [0.2, 0.25) is 0 Å². The van der Waals surface area contributed by atoms with Gasteiger partial charge < -0.3 is 19.7 Å². The van der Waals surface area contributed by atoms with Gasteiger partial charge in [0.05, 0.1) is 0 Å². The summed E-state index contributed by atoms with van der Waals surface area (Å²) in [5.74, 6) is 0.729. The van der Waals surface area contributed by atoms with Crippen LogP contribution in [-0.4, -0.2) is 51.6 Å². The molecular formula is C18H30N2O2. The fraction of sp³-hybridized carbons (Fsp3) is 0.611. The lowest BCUT2D eigenvalue weighted by molar-refractivity contribution is -0.106. The molecule has 0 bridgehead atoms. The fourth-order valence-corrected chi connectivity index (χ4v) is 2.87. The highest BCUT2D eigenvalue weighted by Gasteiger charge is 2.20. The monoisotopic (exact) mass is 306 g/mol. The van der Waals surface area contributed by atoms with Gasteiger partial charge in [0.15, 0.2) is 0 Å². The predicted molar refractivity (Wildman–Crippen MR) is 92.6 cm³/mol. The van der Waals surface area contributed by atoms with Crippen molar-refractivity contribution in [3.05, 3.63) is 29.8 Å². The zero-order chi connectivity index (χ0) is 16.2. The topological polar surface area (TPSA) is 41.6 Å². The van der Waals surface area contributed by atoms with Crippen molar-refractivity contribution in [2.75, 3.05) is 45.7 Å². The minimum Gasteiger partial charge on any atom is -0.388 e. The molecule has 0 radical (unpaired) electrons. The number of hydrogen-bond acceptors (Lipinski definition) is 4. The molecule has 1 heterocycles. The number of ether oxygens (including phenoxy) is 1. The second-order valence-corrected chi connectivity index (χ2v) is 5.57. The van der Waals surface area contributed by atoms with E-state index in [-0.39, 0.29) is 0 Å². The van der Waals surface area contributed by atoms with Crippen LogP contribution in [0.3, 0.4) is 0 Å². The van der Waals surface area contributed by atoms with E-state index >= 15 is 0 Å². The highest BCUT2D eigenvalue weighted by atomic mass is 16.5. The largest absolute Gasteiger partial charge is 0.388 e. The first-order valence-corrected chi connectivity index (χ1v) is 8.14. The number of anilines is 1. The van der Waals surface area contributed by atoms with Gasteiger partial charge in [0.1, 0.15) is 6.29 Å². The number of hydrogen-bond donors (Lipinski definition) is 1. The van der Waals surface area contributed by atoms with Gasteiger partial charge in [-0.25, -0.2) is 0 Å². The number of benzene rings is 1. The molecule has 4 nitrogen and oxygen atoms in total. The lowest BCUT2D eigenvalue weighted by Crippen LogP contribution is -2.34. The average molecular weight is 306 g/mol. The quantitative estimate of drug-likeness (QED) is 0.647. The predicted octanol–water partition coefficient (Wildman–Crippen LogP) is 3.15. The van der Waals surface area contributed by atoms with Crippen LogP contribution in [0.15, 0.2) is 24.3 Å². The molecule has 1 aliphatic rings. The van der Waals surface area contributed by atoms with Crippen LogP contribution >= 0.6 is 0 Å². The summed E-state index contributed by atoms with van der Waals surface area (Å²) in [4.78, 5) is 11.4. The van der Waals surface area contributed by atoms with Crippen molar-refractivity contribution in [2.45, 2.75) is 32.1 Å². The Morgan fingerprint density at radius 1 is 1.36 bits per heavy atom. The van der Waals surface area contributed by atoms with Crippen LogP contribution in [0.5, 0.6) is 0 Å². The summed E-state index contributed by atoms with van der Waals surface area (Å²) in [5.41, 5.74) is 2.71. The minimum atomic E-state index is 0.729. The molecule has 0 aliphatic carbocycles. The number of nitrogens with zero attached hydrogens (tertiary/aromatic N) is 1. The van der Waals surface area contributed by atoms with Gasteiger partial charge in [-0.15, -0.1) is 0 Å². The van der Waals surface area contributed by atoms with Gasteiger partial charge in [-0.1, -0.05) is 12.1 Å². The number of likely N-dealkylation sites (tertiary alicyclic amines) is 1. The molecule has 1 N–H and O–H groups in total. The first-order chi connectivity index (χ1) is 10.7. The zero-order valence-corrected chi connectivity index (χ0v) is 14.2. The summed E-state index contributed by atoms with van der Waals surface area (Å²) in [6.45, 7) is 5.94. The number of methoxy groups -OCH3 is 1. The molecule has 0 saturated carbocycles. The van der Waals surface area contributed by atoms with E-state index in [0.717, 1.165) is 25.2 Å². The van der Waals surface area contributed by atoms with E-state index in [1.807, 2.05) is 7.05 Å². The SMILES string of the molecule is CC=O.CNc1cccc(C2CCN(CCCOC)CC2)c1. The maximum Gasteiger partial charge on any atom is 0.116 e. The molecule has 1 aromatic rings. The van der Waals surface area contributed by atoms with E-state index in [1.54, 1.807) is 7.11 Å². The van der Waals surface area contributed by atoms with Crippen molar-refractivity contribution in [1.29, 1.82) is 0 Å². The zero-order valence-electron chi connectivity index (χ0n) is 14.2. The summed E-state index contributed by atoms with van der Waals surface area (Å²) in [5, 5.41) is 3.23. The van der Waals surface area contributed by atoms with Crippen LogP contribution in [0, 0.1) is 0 Å². The number of rotatable bonds is 6. The molecule has 0 unspecified atom stereocenters. The Kier molecular flexibility index (Phi) is 9.51. The molecule has 1 saturated heterocycles. The summed E-state index contributed by atoms with van der Waals surface area (Å²) in [7, 11) is 3.76. The second-order valence-electron chi connectivity index (χ2n) is 5.57. The van der Waals surface area contributed by atoms with Gasteiger partial charge in [0.25, 0.3) is 0 Å². The number of carbonyl (C=O) groups is 1. The van der Waals surface area contributed by atoms with E-state index < -0.39 is 0 Å². The molecule has 0 atom stereocenters. The maximum atomic E-state index is 8.81. The van der Waals surface area contributed by atoms with Crippen molar-refractivity contribution >= 4 is 12.0 Å². The lowest BCUT2D eigenvalue weighted by atomic mass is 9.89. The summed E-state index contributed by atoms with van der Waals surface area (Å²) in [6, 6.07) is 8.85. The van der Waals surface area contributed by atoms with Crippen molar-refractivity contribution in [3.63, 3.8) is 0 Å². The highest BCUT2D eigenvalue weighted by Crippen LogP contribution is 2.29. The lowest BCUT2D eigenvalue weighted by Gasteiger charge is -2.32. The van der Waals surface area contributed by atoms with Crippen LogP contribution in [0.25, 0.3) is 0 Å². The molecule has 1 fully saturated rings. The molecule has 1 aromatic carbocycles. The Morgan fingerprint density at radius 2 is 2.05 bits per heavy atom. The summed E-state index contributed by atoms with van der Waals surface area (Å²) < 4.78 is 5.12. The normalized spacial score (nSPS) is 15.8. The van der Waals surface area contributed by atoms with E-state index in [0.29, 0.717) is 0 Å². The van der Waals surface area contributed by atoms with Crippen molar-refractivity contribution in [3.8, 4) is 0 Å². The smallest absolute Gasteiger partial charge is 0.116 e. The van der Waals surface area contributed by atoms with Gasteiger partial charge in [0.2, 0.25) is 0 Å². The Labute approximate surface area is 134 Å². The van der Waals surface area contributed by atoms with Gasteiger partial charge >= 0.3 is 0 Å². The molecule has 124 valence electrons. The number of aldehydes is 1. The van der Waals surface area contributed by atoms with Gasteiger partial charge in [-0.3, -0.25) is 0 Å². The summed E-state index contributed by atoms with van der Waals surface area (Å²) in [6.07, 6.45) is 4.46. The molecule has 22 heavy (non-hydrogen) atoms. The van der Waals surface area contributed by atoms with Crippen molar-refractivity contribution in [2.24, 2.45) is 0 Å². The first kappa shape index (κ1) is 18.7. The molecular weight excluding hydrogens is 276 g/mol. The molecule has 2 rings (SSSR count). The maximum absolute atomic E-state index is 8.81. The second kappa shape index (κ2) is 11.2. The van der Waals surface area contributed by atoms with E-state index in [2.05, 4.69) is 34.5 Å². The summed E-state index contributed by atoms with van der Waals surface area (Å²) >= 11 is 0. The third-order valence-corrected chi connectivity index (χ3v) is 4.06. The number of carbonyl (C=O) groups excluding carboxylic acids is 1. The Balaban J connectivity index is 0.000000745. The van der Waals surface area contributed by atoms with Crippen LogP contribution in [0.1, 0.15) is 37.7 Å². The average Bonchev–Trinajstić information content (AvgIpc) is 2.56. The van der Waals surface area contributed by atoms with Crippen LogP contribution in [-0.2, 0) is 9.53 Å². The van der Waals surface area contributed by atoms with E-state index in [1.165, 1.54) is 50.7 Å². The fourth-order valence-electron chi connectivity index (χ4n) is 2.87. The van der Waals surface area contributed by atoms with Gasteiger partial charge in [-0.2, -0.15) is 0 Å². The van der Waals surface area contributed by atoms with Gasteiger partial charge in [-0.05, 0) is 62.9 Å².